The Labute approximate surface area is 206 Å². The number of hydrogen-bond donors (Lipinski definition) is 2. The van der Waals surface area contributed by atoms with Crippen LogP contribution in [-0.4, -0.2) is 21.9 Å². The van der Waals surface area contributed by atoms with Gasteiger partial charge in [-0.2, -0.15) is 13.2 Å². The first-order valence-corrected chi connectivity index (χ1v) is 12.1. The van der Waals surface area contributed by atoms with E-state index in [9.17, 15) is 22.4 Å². The van der Waals surface area contributed by atoms with Crippen LogP contribution < -0.4 is 10.6 Å². The molecular weight excluding hydrogens is 472 g/mol. The van der Waals surface area contributed by atoms with E-state index in [4.69, 9.17) is 4.98 Å². The second-order valence-electron chi connectivity index (χ2n) is 9.56. The Kier molecular flexibility index (Phi) is 6.40. The number of amides is 1. The van der Waals surface area contributed by atoms with Crippen molar-refractivity contribution in [2.45, 2.75) is 62.7 Å². The third kappa shape index (κ3) is 5.05. The van der Waals surface area contributed by atoms with Crippen molar-refractivity contribution in [1.82, 2.24) is 15.3 Å². The van der Waals surface area contributed by atoms with E-state index in [0.717, 1.165) is 56.2 Å². The molecule has 5 rings (SSSR count). The fourth-order valence-corrected chi connectivity index (χ4v) is 4.98. The number of nitrogens with zero attached hydrogens (tertiary/aromatic N) is 2. The minimum absolute atomic E-state index is 0.0174. The van der Waals surface area contributed by atoms with Gasteiger partial charge in [0.1, 0.15) is 5.82 Å². The number of aromatic nitrogens is 2. The molecule has 0 saturated heterocycles. The van der Waals surface area contributed by atoms with Crippen molar-refractivity contribution in [2.24, 2.45) is 0 Å². The molecule has 0 atom stereocenters. The van der Waals surface area contributed by atoms with Gasteiger partial charge in [0.15, 0.2) is 0 Å². The number of benzene rings is 2. The zero-order chi connectivity index (χ0) is 25.3. The second kappa shape index (κ2) is 9.52. The number of alkyl halides is 3. The minimum Gasteiger partial charge on any atom is -0.351 e. The van der Waals surface area contributed by atoms with Crippen molar-refractivity contribution in [3.05, 3.63) is 88.5 Å². The van der Waals surface area contributed by atoms with Crippen LogP contribution in [0.15, 0.2) is 54.7 Å². The first-order chi connectivity index (χ1) is 17.2. The van der Waals surface area contributed by atoms with E-state index in [-0.39, 0.29) is 17.7 Å². The number of rotatable bonds is 7. The average Bonchev–Trinajstić information content (AvgIpc) is 3.53. The Morgan fingerprint density at radius 1 is 1.06 bits per heavy atom. The molecular formula is C27H26F4N4O. The number of nitrogens with one attached hydrogen (secondary N) is 2. The van der Waals surface area contributed by atoms with Crippen LogP contribution in [0.4, 0.5) is 23.5 Å². The van der Waals surface area contributed by atoms with Gasteiger partial charge in [0.2, 0.25) is 5.95 Å². The molecule has 1 aromatic heterocycles. The molecule has 0 bridgehead atoms. The SMILES string of the molecule is O=C(NCc1cc(F)cc(C(F)(F)F)c1)c1cnc(NC2CC2)nc1C1(c2ccccc2)CCCC1. The summed E-state index contributed by atoms with van der Waals surface area (Å²) in [6, 6.07) is 12.5. The van der Waals surface area contributed by atoms with Gasteiger partial charge in [-0.1, -0.05) is 43.2 Å². The zero-order valence-electron chi connectivity index (χ0n) is 19.5. The van der Waals surface area contributed by atoms with Gasteiger partial charge in [-0.05, 0) is 55.0 Å². The van der Waals surface area contributed by atoms with Gasteiger partial charge in [-0.15, -0.1) is 0 Å². The van der Waals surface area contributed by atoms with Crippen molar-refractivity contribution in [3.63, 3.8) is 0 Å². The smallest absolute Gasteiger partial charge is 0.351 e. The molecule has 0 spiro atoms. The number of carbonyl (C=O) groups is 1. The summed E-state index contributed by atoms with van der Waals surface area (Å²) in [5, 5.41) is 5.95. The van der Waals surface area contributed by atoms with E-state index in [0.29, 0.717) is 23.8 Å². The normalized spacial score (nSPS) is 17.1. The Morgan fingerprint density at radius 2 is 1.78 bits per heavy atom. The quantitative estimate of drug-likeness (QED) is 0.392. The summed E-state index contributed by atoms with van der Waals surface area (Å²) < 4.78 is 53.1. The van der Waals surface area contributed by atoms with Crippen LogP contribution in [0.1, 0.15) is 71.3 Å². The molecule has 36 heavy (non-hydrogen) atoms. The molecule has 9 heteroatoms. The first-order valence-electron chi connectivity index (χ1n) is 12.1. The molecule has 5 nitrogen and oxygen atoms in total. The lowest BCUT2D eigenvalue weighted by Gasteiger charge is -2.31. The molecule has 2 fully saturated rings. The molecule has 2 aliphatic carbocycles. The van der Waals surface area contributed by atoms with Crippen LogP contribution in [0, 0.1) is 5.82 Å². The van der Waals surface area contributed by atoms with Crippen LogP contribution >= 0.6 is 0 Å². The van der Waals surface area contributed by atoms with Crippen LogP contribution in [0.25, 0.3) is 0 Å². The maximum absolute atomic E-state index is 13.8. The van der Waals surface area contributed by atoms with Gasteiger partial charge >= 0.3 is 6.18 Å². The number of hydrogen-bond acceptors (Lipinski definition) is 4. The molecule has 2 N–H and O–H groups in total. The molecule has 0 aliphatic heterocycles. The van der Waals surface area contributed by atoms with Crippen molar-refractivity contribution in [3.8, 4) is 0 Å². The largest absolute Gasteiger partial charge is 0.416 e. The van der Waals surface area contributed by atoms with Crippen molar-refractivity contribution in [1.29, 1.82) is 0 Å². The monoisotopic (exact) mass is 498 g/mol. The van der Waals surface area contributed by atoms with Crippen LogP contribution in [0.5, 0.6) is 0 Å². The standard InChI is InChI=1S/C27H26F4N4O/c28-20-13-17(12-19(14-20)27(29,30)31)15-32-24(36)22-16-33-25(34-21-8-9-21)35-23(22)26(10-4-5-11-26)18-6-2-1-3-7-18/h1-3,6-7,12-14,16,21H,4-5,8-11,15H2,(H,32,36)(H,33,34,35). The van der Waals surface area contributed by atoms with Gasteiger partial charge in [-0.25, -0.2) is 14.4 Å². The third-order valence-corrected chi connectivity index (χ3v) is 6.92. The van der Waals surface area contributed by atoms with Gasteiger partial charge in [0, 0.05) is 24.2 Å². The lowest BCUT2D eigenvalue weighted by Crippen LogP contribution is -2.32. The fraction of sp³-hybridized carbons (Fsp3) is 0.370. The Balaban J connectivity index is 1.48. The number of anilines is 1. The molecule has 2 aromatic carbocycles. The molecule has 1 amide bonds. The molecule has 0 radical (unpaired) electrons. The van der Waals surface area contributed by atoms with E-state index in [1.54, 1.807) is 0 Å². The summed E-state index contributed by atoms with van der Waals surface area (Å²) >= 11 is 0. The van der Waals surface area contributed by atoms with Gasteiger partial charge in [-0.3, -0.25) is 4.79 Å². The maximum atomic E-state index is 13.8. The fourth-order valence-electron chi connectivity index (χ4n) is 4.98. The van der Waals surface area contributed by atoms with Crippen LogP contribution in [-0.2, 0) is 18.1 Å². The second-order valence-corrected chi connectivity index (χ2v) is 9.56. The molecule has 2 aliphatic rings. The predicted octanol–water partition coefficient (Wildman–Crippen LogP) is 6.00. The molecule has 0 unspecified atom stereocenters. The Morgan fingerprint density at radius 3 is 2.44 bits per heavy atom. The topological polar surface area (TPSA) is 66.9 Å². The van der Waals surface area contributed by atoms with E-state index >= 15 is 0 Å². The van der Waals surface area contributed by atoms with Gasteiger partial charge in [0.25, 0.3) is 5.91 Å². The Hall–Kier alpha value is -3.49. The van der Waals surface area contributed by atoms with E-state index in [2.05, 4.69) is 15.6 Å². The Bertz CT molecular complexity index is 1250. The van der Waals surface area contributed by atoms with E-state index < -0.39 is 28.9 Å². The van der Waals surface area contributed by atoms with Gasteiger partial charge < -0.3 is 10.6 Å². The summed E-state index contributed by atoms with van der Waals surface area (Å²) in [4.78, 5) is 22.5. The summed E-state index contributed by atoms with van der Waals surface area (Å²) in [5.74, 6) is -1.06. The van der Waals surface area contributed by atoms with Crippen molar-refractivity contribution < 1.29 is 22.4 Å². The third-order valence-electron chi connectivity index (χ3n) is 6.92. The molecule has 2 saturated carbocycles. The highest BCUT2D eigenvalue weighted by Crippen LogP contribution is 2.47. The van der Waals surface area contributed by atoms with Crippen LogP contribution in [0.3, 0.4) is 0 Å². The number of carbonyl (C=O) groups excluding carboxylic acids is 1. The molecule has 3 aromatic rings. The van der Waals surface area contributed by atoms with Crippen LogP contribution in [0.2, 0.25) is 0 Å². The highest BCUT2D eigenvalue weighted by atomic mass is 19.4. The summed E-state index contributed by atoms with van der Waals surface area (Å²) in [7, 11) is 0. The zero-order valence-corrected chi connectivity index (χ0v) is 19.5. The number of halogens is 4. The lowest BCUT2D eigenvalue weighted by molar-refractivity contribution is -0.137. The lowest BCUT2D eigenvalue weighted by atomic mass is 9.74. The van der Waals surface area contributed by atoms with E-state index in [1.165, 1.54) is 6.20 Å². The highest BCUT2D eigenvalue weighted by Gasteiger charge is 2.42. The predicted molar refractivity (Wildman–Crippen MR) is 127 cm³/mol. The maximum Gasteiger partial charge on any atom is 0.416 e. The average molecular weight is 499 g/mol. The minimum atomic E-state index is -4.68. The summed E-state index contributed by atoms with van der Waals surface area (Å²) in [6.07, 6.45) is 2.47. The highest BCUT2D eigenvalue weighted by molar-refractivity contribution is 5.95. The summed E-state index contributed by atoms with van der Waals surface area (Å²) in [5.41, 5.74) is 0.391. The van der Waals surface area contributed by atoms with Crippen molar-refractivity contribution >= 4 is 11.9 Å². The molecule has 1 heterocycles. The molecule has 188 valence electrons. The first kappa shape index (κ1) is 24.2. The van der Waals surface area contributed by atoms with Gasteiger partial charge in [0.05, 0.1) is 16.8 Å². The van der Waals surface area contributed by atoms with E-state index in [1.807, 2.05) is 30.3 Å². The summed E-state index contributed by atoms with van der Waals surface area (Å²) in [6.45, 7) is -0.264. The van der Waals surface area contributed by atoms with Crippen molar-refractivity contribution in [2.75, 3.05) is 5.32 Å².